The zero-order valence-corrected chi connectivity index (χ0v) is 17.8. The van der Waals surface area contributed by atoms with Crippen LogP contribution in [0.4, 0.5) is 0 Å². The van der Waals surface area contributed by atoms with Gasteiger partial charge in [-0.1, -0.05) is 0 Å². The van der Waals surface area contributed by atoms with Gasteiger partial charge in [0.05, 0.1) is 43.2 Å². The molecule has 0 unspecified atom stereocenters. The Balaban J connectivity index is 1.52. The molecule has 2 aliphatic rings. The van der Waals surface area contributed by atoms with E-state index in [0.717, 1.165) is 4.90 Å². The number of nitrogens with one attached hydrogen (secondary N) is 2. The van der Waals surface area contributed by atoms with Gasteiger partial charge in [-0.3, -0.25) is 4.79 Å². The van der Waals surface area contributed by atoms with Gasteiger partial charge in [0.2, 0.25) is 10.0 Å². The number of hydrogen-bond donors (Lipinski definition) is 2. The van der Waals surface area contributed by atoms with Crippen molar-refractivity contribution in [1.82, 2.24) is 9.62 Å². The van der Waals surface area contributed by atoms with Crippen LogP contribution in [0, 0.1) is 5.92 Å². The molecule has 160 valence electrons. The number of amides is 1. The molecule has 1 atom stereocenters. The molecule has 9 heteroatoms. The maximum Gasteiger partial charge on any atom is 0.338 e. The van der Waals surface area contributed by atoms with Gasteiger partial charge in [0.15, 0.2) is 6.54 Å². The van der Waals surface area contributed by atoms with Crippen molar-refractivity contribution in [2.75, 3.05) is 39.3 Å². The first-order valence-corrected chi connectivity index (χ1v) is 11.7. The minimum Gasteiger partial charge on any atom is -0.462 e. The fourth-order valence-corrected chi connectivity index (χ4v) is 5.03. The number of hydrogen-bond acceptors (Lipinski definition) is 5. The second-order valence-electron chi connectivity index (χ2n) is 7.77. The lowest BCUT2D eigenvalue weighted by Crippen LogP contribution is -3.15. The first-order chi connectivity index (χ1) is 13.8. The Morgan fingerprint density at radius 2 is 1.83 bits per heavy atom. The van der Waals surface area contributed by atoms with E-state index in [1.165, 1.54) is 41.4 Å². The van der Waals surface area contributed by atoms with Gasteiger partial charge in [0, 0.05) is 6.04 Å². The Hall–Kier alpha value is -1.97. The maximum absolute atomic E-state index is 12.9. The highest BCUT2D eigenvalue weighted by atomic mass is 32.2. The fraction of sp³-hybridized carbons (Fsp3) is 0.600. The van der Waals surface area contributed by atoms with Gasteiger partial charge in [-0.25, -0.2) is 13.2 Å². The number of piperazine rings is 1. The summed E-state index contributed by atoms with van der Waals surface area (Å²) in [7, 11) is -3.62. The molecular formula is C20H30N3O5S+. The van der Waals surface area contributed by atoms with Crippen molar-refractivity contribution in [3.05, 3.63) is 29.8 Å². The summed E-state index contributed by atoms with van der Waals surface area (Å²) < 4.78 is 32.1. The first kappa shape index (κ1) is 21.7. The zero-order chi connectivity index (χ0) is 21.0. The molecule has 2 fully saturated rings. The number of carbonyl (C=O) groups excluding carboxylic acids is 2. The third-order valence-electron chi connectivity index (χ3n) is 5.56. The van der Waals surface area contributed by atoms with Gasteiger partial charge < -0.3 is 15.0 Å². The van der Waals surface area contributed by atoms with E-state index >= 15 is 0 Å². The maximum atomic E-state index is 12.9. The van der Waals surface area contributed by atoms with Crippen molar-refractivity contribution in [2.45, 2.75) is 37.6 Å². The molecule has 2 N–H and O–H groups in total. The molecule has 1 amide bonds. The van der Waals surface area contributed by atoms with Crippen LogP contribution in [0.15, 0.2) is 29.2 Å². The largest absolute Gasteiger partial charge is 0.462 e. The average molecular weight is 425 g/mol. The van der Waals surface area contributed by atoms with Crippen LogP contribution >= 0.6 is 0 Å². The highest BCUT2D eigenvalue weighted by molar-refractivity contribution is 7.89. The van der Waals surface area contributed by atoms with Crippen LogP contribution in [-0.4, -0.2) is 70.0 Å². The molecule has 29 heavy (non-hydrogen) atoms. The number of rotatable bonds is 8. The molecule has 1 saturated carbocycles. The second-order valence-corrected chi connectivity index (χ2v) is 9.71. The van der Waals surface area contributed by atoms with Crippen LogP contribution in [0.3, 0.4) is 0 Å². The molecule has 8 nitrogen and oxygen atoms in total. The lowest BCUT2D eigenvalue weighted by atomic mass is 10.2. The molecule has 0 spiro atoms. The summed E-state index contributed by atoms with van der Waals surface area (Å²) in [5.41, 5.74) is 0.325. The third-order valence-corrected chi connectivity index (χ3v) is 7.47. The van der Waals surface area contributed by atoms with Crippen molar-refractivity contribution in [1.29, 1.82) is 0 Å². The minimum atomic E-state index is -3.62. The van der Waals surface area contributed by atoms with E-state index in [1.807, 2.05) is 6.92 Å². The number of ether oxygens (including phenoxy) is 1. The topological polar surface area (TPSA) is 97.2 Å². The molecule has 3 rings (SSSR count). The predicted molar refractivity (Wildman–Crippen MR) is 107 cm³/mol. The summed E-state index contributed by atoms with van der Waals surface area (Å²) in [4.78, 5) is 25.2. The van der Waals surface area contributed by atoms with Gasteiger partial charge in [0.25, 0.3) is 5.91 Å². The number of sulfonamides is 1. The number of carbonyl (C=O) groups is 2. The molecule has 1 heterocycles. The highest BCUT2D eigenvalue weighted by Gasteiger charge is 2.33. The molecule has 1 aromatic rings. The van der Waals surface area contributed by atoms with Gasteiger partial charge in [-0.05, 0) is 56.9 Å². The molecule has 1 aliphatic carbocycles. The zero-order valence-electron chi connectivity index (χ0n) is 17.0. The quantitative estimate of drug-likeness (QED) is 0.557. The van der Waals surface area contributed by atoms with E-state index in [2.05, 4.69) is 5.32 Å². The molecule has 0 radical (unpaired) electrons. The smallest absolute Gasteiger partial charge is 0.338 e. The van der Waals surface area contributed by atoms with Gasteiger partial charge in [0.1, 0.15) is 0 Å². The van der Waals surface area contributed by atoms with E-state index in [1.54, 1.807) is 6.92 Å². The summed E-state index contributed by atoms with van der Waals surface area (Å²) in [5, 5.41) is 3.05. The Morgan fingerprint density at radius 3 is 2.38 bits per heavy atom. The molecule has 0 aromatic heterocycles. The highest BCUT2D eigenvalue weighted by Crippen LogP contribution is 2.32. The third kappa shape index (κ3) is 5.55. The summed E-state index contributed by atoms with van der Waals surface area (Å²) in [6, 6.07) is 6.04. The summed E-state index contributed by atoms with van der Waals surface area (Å²) in [6.07, 6.45) is 2.37. The minimum absolute atomic E-state index is 0.0326. The molecule has 1 aliphatic heterocycles. The Kier molecular flexibility index (Phi) is 6.92. The molecule has 1 saturated heterocycles. The Labute approximate surface area is 172 Å². The van der Waals surface area contributed by atoms with Crippen molar-refractivity contribution in [3.8, 4) is 0 Å². The lowest BCUT2D eigenvalue weighted by Gasteiger charge is -2.31. The standard InChI is InChI=1S/C20H29N3O5S/c1-3-28-20(25)17-6-8-18(9-7-17)29(26,27)23-12-10-22(11-13-23)14-19(24)21-15(2)16-4-5-16/h6-9,15-16H,3-5,10-14H2,1-2H3,(H,21,24)/p+1/t15-/m1/s1. The van der Waals surface area contributed by atoms with Crippen LogP contribution in [0.25, 0.3) is 0 Å². The molecule has 0 bridgehead atoms. The Morgan fingerprint density at radius 1 is 1.21 bits per heavy atom. The van der Waals surface area contributed by atoms with Crippen LogP contribution in [-0.2, 0) is 19.6 Å². The van der Waals surface area contributed by atoms with Gasteiger partial charge >= 0.3 is 5.97 Å². The number of nitrogens with zero attached hydrogens (tertiary/aromatic N) is 1. The van der Waals surface area contributed by atoms with Crippen molar-refractivity contribution in [2.24, 2.45) is 5.92 Å². The Bertz CT molecular complexity index is 828. The van der Waals surface area contributed by atoms with E-state index in [0.29, 0.717) is 44.2 Å². The predicted octanol–water partition coefficient (Wildman–Crippen LogP) is -0.333. The number of benzene rings is 1. The number of esters is 1. The van der Waals surface area contributed by atoms with Crippen molar-refractivity contribution in [3.63, 3.8) is 0 Å². The van der Waals surface area contributed by atoms with Crippen LogP contribution in [0.5, 0.6) is 0 Å². The average Bonchev–Trinajstić information content (AvgIpc) is 3.54. The molecule has 1 aromatic carbocycles. The van der Waals surface area contributed by atoms with E-state index < -0.39 is 16.0 Å². The molecular weight excluding hydrogens is 394 g/mol. The SMILES string of the molecule is CCOC(=O)c1ccc(S(=O)(=O)N2CC[NH+](CC(=O)N[C@H](C)C3CC3)CC2)cc1. The van der Waals surface area contributed by atoms with Crippen LogP contribution in [0.1, 0.15) is 37.0 Å². The van der Waals surface area contributed by atoms with E-state index in [-0.39, 0.29) is 23.5 Å². The first-order valence-electron chi connectivity index (χ1n) is 10.2. The van der Waals surface area contributed by atoms with E-state index in [9.17, 15) is 18.0 Å². The lowest BCUT2D eigenvalue weighted by molar-refractivity contribution is -0.895. The van der Waals surface area contributed by atoms with Gasteiger partial charge in [-0.2, -0.15) is 4.31 Å². The van der Waals surface area contributed by atoms with Crippen LogP contribution < -0.4 is 10.2 Å². The van der Waals surface area contributed by atoms with E-state index in [4.69, 9.17) is 4.74 Å². The summed E-state index contributed by atoms with van der Waals surface area (Å²) >= 11 is 0. The number of quaternary nitrogens is 1. The van der Waals surface area contributed by atoms with Gasteiger partial charge in [-0.15, -0.1) is 0 Å². The normalized spacial score (nSPS) is 19.5. The van der Waals surface area contributed by atoms with Crippen LogP contribution in [0.2, 0.25) is 0 Å². The van der Waals surface area contributed by atoms with Crippen molar-refractivity contribution < 1.29 is 27.6 Å². The monoisotopic (exact) mass is 424 g/mol. The summed E-state index contributed by atoms with van der Waals surface area (Å²) in [6.45, 7) is 6.31. The summed E-state index contributed by atoms with van der Waals surface area (Å²) in [5.74, 6) is 0.180. The second kappa shape index (κ2) is 9.23. The fourth-order valence-electron chi connectivity index (χ4n) is 3.59. The van der Waals surface area contributed by atoms with Crippen molar-refractivity contribution >= 4 is 21.9 Å².